The summed E-state index contributed by atoms with van der Waals surface area (Å²) in [5.74, 6) is -1.41. The quantitative estimate of drug-likeness (QED) is 0.849. The fourth-order valence-electron chi connectivity index (χ4n) is 1.22. The van der Waals surface area contributed by atoms with Gasteiger partial charge in [-0.05, 0) is 35.0 Å². The van der Waals surface area contributed by atoms with Crippen LogP contribution >= 0.6 is 27.3 Å². The van der Waals surface area contributed by atoms with Crippen molar-refractivity contribution in [1.82, 2.24) is 4.90 Å². The van der Waals surface area contributed by atoms with Crippen LogP contribution in [0.1, 0.15) is 11.8 Å². The van der Waals surface area contributed by atoms with E-state index >= 15 is 0 Å². The van der Waals surface area contributed by atoms with Crippen LogP contribution in [0.25, 0.3) is 0 Å². The lowest BCUT2D eigenvalue weighted by Crippen LogP contribution is -2.28. The summed E-state index contributed by atoms with van der Waals surface area (Å²) in [4.78, 5) is 24.6. The number of likely N-dealkylation sites (N-methyl/N-ethyl adjacent to an activating group) is 1. The molecule has 0 aliphatic rings. The van der Waals surface area contributed by atoms with Crippen LogP contribution in [0.5, 0.6) is 0 Å². The predicted octanol–water partition coefficient (Wildman–Crippen LogP) is 2.50. The van der Waals surface area contributed by atoms with Crippen LogP contribution in [-0.4, -0.2) is 28.4 Å². The molecule has 0 saturated heterocycles. The first kappa shape index (κ1) is 13.9. The van der Waals surface area contributed by atoms with E-state index in [9.17, 15) is 9.59 Å². The molecule has 1 aromatic rings. The zero-order chi connectivity index (χ0) is 12.8. The first-order valence-corrected chi connectivity index (χ1v) is 6.58. The van der Waals surface area contributed by atoms with E-state index in [4.69, 9.17) is 5.11 Å². The summed E-state index contributed by atoms with van der Waals surface area (Å²) in [5, 5.41) is 8.45. The van der Waals surface area contributed by atoms with Gasteiger partial charge in [0.05, 0.1) is 10.3 Å². The molecule has 0 atom stereocenters. The summed E-state index contributed by atoms with van der Waals surface area (Å²) in [6.07, 6.45) is 1.93. The van der Waals surface area contributed by atoms with Gasteiger partial charge >= 0.3 is 5.97 Å². The molecule has 0 saturated carbocycles. The fraction of sp³-hybridized carbons (Fsp3) is 0.273. The Hall–Kier alpha value is -1.14. The average Bonchev–Trinajstić information content (AvgIpc) is 2.68. The molecule has 1 amide bonds. The second-order valence-corrected chi connectivity index (χ2v) is 5.78. The monoisotopic (exact) mass is 317 g/mol. The third kappa shape index (κ3) is 4.70. The van der Waals surface area contributed by atoms with Crippen LogP contribution in [0.15, 0.2) is 28.1 Å². The van der Waals surface area contributed by atoms with Gasteiger partial charge in [0.1, 0.15) is 0 Å². The van der Waals surface area contributed by atoms with E-state index in [1.807, 2.05) is 19.1 Å². The molecule has 6 heteroatoms. The second kappa shape index (κ2) is 6.56. The number of nitrogens with zero attached hydrogens (tertiary/aromatic N) is 1. The van der Waals surface area contributed by atoms with Crippen molar-refractivity contribution in [1.29, 1.82) is 0 Å². The highest BCUT2D eigenvalue weighted by atomic mass is 79.9. The summed E-state index contributed by atoms with van der Waals surface area (Å²) in [5.41, 5.74) is 0. The standard InChI is InChI=1S/C11H12BrNO3S/c1-2-13(10(14)5-6-11(15)16)7-8-3-4-9(12)17-8/h3-6H,2,7H2,1H3,(H,15,16)/b6-5+. The minimum atomic E-state index is -1.12. The Balaban J connectivity index is 2.65. The van der Waals surface area contributed by atoms with Gasteiger partial charge in [-0.25, -0.2) is 4.79 Å². The van der Waals surface area contributed by atoms with Gasteiger partial charge in [0, 0.05) is 23.6 Å². The Morgan fingerprint density at radius 1 is 1.47 bits per heavy atom. The third-order valence-corrected chi connectivity index (χ3v) is 3.65. The summed E-state index contributed by atoms with van der Waals surface area (Å²) >= 11 is 4.91. The molecule has 0 unspecified atom stereocenters. The van der Waals surface area contributed by atoms with Gasteiger partial charge in [-0.15, -0.1) is 11.3 Å². The number of carbonyl (C=O) groups is 2. The Morgan fingerprint density at radius 2 is 2.18 bits per heavy atom. The van der Waals surface area contributed by atoms with Crippen molar-refractivity contribution < 1.29 is 14.7 Å². The first-order valence-electron chi connectivity index (χ1n) is 4.97. The Morgan fingerprint density at radius 3 is 2.65 bits per heavy atom. The predicted molar refractivity (Wildman–Crippen MR) is 69.9 cm³/mol. The molecule has 0 spiro atoms. The van der Waals surface area contributed by atoms with Gasteiger partial charge in [-0.3, -0.25) is 4.79 Å². The van der Waals surface area contributed by atoms with Crippen LogP contribution in [0, 0.1) is 0 Å². The van der Waals surface area contributed by atoms with Crippen molar-refractivity contribution in [2.45, 2.75) is 13.5 Å². The molecular weight excluding hydrogens is 306 g/mol. The maximum atomic E-state index is 11.7. The first-order chi connectivity index (χ1) is 8.02. The smallest absolute Gasteiger partial charge is 0.328 e. The number of aliphatic carboxylic acids is 1. The minimum absolute atomic E-state index is 0.292. The molecule has 1 rings (SSSR count). The number of amides is 1. The molecule has 0 bridgehead atoms. The largest absolute Gasteiger partial charge is 0.478 e. The molecule has 1 N–H and O–H groups in total. The van der Waals surface area contributed by atoms with E-state index < -0.39 is 5.97 Å². The zero-order valence-corrected chi connectivity index (χ0v) is 11.6. The topological polar surface area (TPSA) is 57.6 Å². The highest BCUT2D eigenvalue weighted by Gasteiger charge is 2.10. The van der Waals surface area contributed by atoms with Gasteiger partial charge in [0.25, 0.3) is 0 Å². The highest BCUT2D eigenvalue weighted by molar-refractivity contribution is 9.11. The minimum Gasteiger partial charge on any atom is -0.478 e. The van der Waals surface area contributed by atoms with Crippen molar-refractivity contribution >= 4 is 39.1 Å². The molecule has 17 heavy (non-hydrogen) atoms. The number of hydrogen-bond donors (Lipinski definition) is 1. The van der Waals surface area contributed by atoms with E-state index in [0.717, 1.165) is 20.8 Å². The normalized spacial score (nSPS) is 10.7. The maximum Gasteiger partial charge on any atom is 0.328 e. The molecule has 0 fully saturated rings. The lowest BCUT2D eigenvalue weighted by Gasteiger charge is -2.17. The number of hydrogen-bond acceptors (Lipinski definition) is 3. The summed E-state index contributed by atoms with van der Waals surface area (Å²) in [7, 11) is 0. The molecule has 4 nitrogen and oxygen atoms in total. The molecular formula is C11H12BrNO3S. The van der Waals surface area contributed by atoms with Crippen LogP contribution in [0.3, 0.4) is 0 Å². The van der Waals surface area contributed by atoms with Crippen molar-refractivity contribution in [3.8, 4) is 0 Å². The number of carboxylic acid groups (broad SMARTS) is 1. The molecule has 0 radical (unpaired) electrons. The average molecular weight is 318 g/mol. The lowest BCUT2D eigenvalue weighted by molar-refractivity contribution is -0.132. The molecule has 0 aromatic carbocycles. The van der Waals surface area contributed by atoms with Gasteiger partial charge in [0.15, 0.2) is 0 Å². The summed E-state index contributed by atoms with van der Waals surface area (Å²) < 4.78 is 1.01. The Labute approximate surface area is 112 Å². The van der Waals surface area contributed by atoms with E-state index in [0.29, 0.717) is 13.1 Å². The number of halogens is 1. The van der Waals surface area contributed by atoms with E-state index in [2.05, 4.69) is 15.9 Å². The third-order valence-electron chi connectivity index (χ3n) is 2.04. The molecule has 1 aromatic heterocycles. The van der Waals surface area contributed by atoms with E-state index in [1.54, 1.807) is 16.2 Å². The SMILES string of the molecule is CCN(Cc1ccc(Br)s1)C(=O)/C=C/C(=O)O. The number of rotatable bonds is 5. The van der Waals surface area contributed by atoms with Crippen molar-refractivity contribution in [3.05, 3.63) is 32.9 Å². The van der Waals surface area contributed by atoms with Crippen molar-refractivity contribution in [2.75, 3.05) is 6.54 Å². The molecule has 0 aliphatic heterocycles. The zero-order valence-electron chi connectivity index (χ0n) is 9.22. The van der Waals surface area contributed by atoms with Crippen LogP contribution in [0.4, 0.5) is 0 Å². The molecule has 1 heterocycles. The Kier molecular flexibility index (Phi) is 5.37. The number of carbonyl (C=O) groups excluding carboxylic acids is 1. The van der Waals surface area contributed by atoms with E-state index in [-0.39, 0.29) is 5.91 Å². The summed E-state index contributed by atoms with van der Waals surface area (Å²) in [6.45, 7) is 2.89. The van der Waals surface area contributed by atoms with Gasteiger partial charge in [-0.1, -0.05) is 0 Å². The van der Waals surface area contributed by atoms with Crippen LogP contribution in [-0.2, 0) is 16.1 Å². The molecule has 0 aliphatic carbocycles. The summed E-state index contributed by atoms with van der Waals surface area (Å²) in [6, 6.07) is 3.86. The van der Waals surface area contributed by atoms with Gasteiger partial charge < -0.3 is 10.0 Å². The molecule has 92 valence electrons. The Bertz CT molecular complexity index is 442. The van der Waals surface area contributed by atoms with Gasteiger partial charge in [0.2, 0.25) is 5.91 Å². The van der Waals surface area contributed by atoms with E-state index in [1.165, 1.54) is 0 Å². The van der Waals surface area contributed by atoms with Crippen molar-refractivity contribution in [3.63, 3.8) is 0 Å². The van der Waals surface area contributed by atoms with Crippen molar-refractivity contribution in [2.24, 2.45) is 0 Å². The lowest BCUT2D eigenvalue weighted by atomic mass is 10.3. The number of carboxylic acids is 1. The van der Waals surface area contributed by atoms with Gasteiger partial charge in [-0.2, -0.15) is 0 Å². The second-order valence-electron chi connectivity index (χ2n) is 3.23. The number of thiophene rings is 1. The highest BCUT2D eigenvalue weighted by Crippen LogP contribution is 2.23. The fourth-order valence-corrected chi connectivity index (χ4v) is 2.72. The van der Waals surface area contributed by atoms with Crippen LogP contribution in [0.2, 0.25) is 0 Å². The van der Waals surface area contributed by atoms with Crippen LogP contribution < -0.4 is 0 Å². The maximum absolute atomic E-state index is 11.7.